The maximum absolute atomic E-state index is 13.0. The van der Waals surface area contributed by atoms with Crippen LogP contribution in [0.15, 0.2) is 22.7 Å². The molecule has 1 N–H and O–H groups in total. The number of hydrogen-bond donors (Lipinski definition) is 1. The molecule has 1 aliphatic rings. The lowest BCUT2D eigenvalue weighted by atomic mass is 10.0. The number of carbonyl (C=O) groups is 2. The Hall–Kier alpha value is -2.05. The van der Waals surface area contributed by atoms with E-state index in [0.717, 1.165) is 0 Å². The van der Waals surface area contributed by atoms with Crippen molar-refractivity contribution in [3.05, 3.63) is 39.6 Å². The molecular weight excluding hydrogens is 353 g/mol. The van der Waals surface area contributed by atoms with Crippen LogP contribution in [0.3, 0.4) is 0 Å². The smallest absolute Gasteiger partial charge is 0.259 e. The molecule has 0 bridgehead atoms. The summed E-state index contributed by atoms with van der Waals surface area (Å²) in [7, 11) is 0. The molecule has 0 atom stereocenters. The standard InChI is InChI=1S/C16H15Cl2N3O3/c1-9-13(16(23)21-7-5-12(22)19-6-8-21)15(20-24-9)14-10(17)3-2-4-11(14)18/h2-4H,5-8H2,1H3,(H,19,22). The van der Waals surface area contributed by atoms with Gasteiger partial charge < -0.3 is 14.7 Å². The van der Waals surface area contributed by atoms with Gasteiger partial charge in [0.15, 0.2) is 0 Å². The maximum Gasteiger partial charge on any atom is 0.259 e. The molecule has 2 aromatic rings. The number of nitrogens with zero attached hydrogens (tertiary/aromatic N) is 2. The lowest BCUT2D eigenvalue weighted by molar-refractivity contribution is -0.120. The van der Waals surface area contributed by atoms with E-state index in [9.17, 15) is 9.59 Å². The molecule has 3 rings (SSSR count). The molecule has 1 aromatic heterocycles. The van der Waals surface area contributed by atoms with Gasteiger partial charge in [-0.1, -0.05) is 34.4 Å². The zero-order valence-electron chi connectivity index (χ0n) is 12.9. The number of amides is 2. The number of nitrogens with one attached hydrogen (secondary N) is 1. The van der Waals surface area contributed by atoms with Gasteiger partial charge in [0.05, 0.1) is 10.0 Å². The fourth-order valence-corrected chi connectivity index (χ4v) is 3.22. The van der Waals surface area contributed by atoms with Gasteiger partial charge in [0.2, 0.25) is 5.91 Å². The molecule has 0 radical (unpaired) electrons. The SMILES string of the molecule is Cc1onc(-c2c(Cl)cccc2Cl)c1C(=O)N1CCNC(=O)CC1. The summed E-state index contributed by atoms with van der Waals surface area (Å²) in [5, 5.41) is 7.50. The van der Waals surface area contributed by atoms with Crippen LogP contribution in [-0.4, -0.2) is 41.5 Å². The van der Waals surface area contributed by atoms with Gasteiger partial charge in [-0.25, -0.2) is 0 Å². The number of aromatic nitrogens is 1. The zero-order chi connectivity index (χ0) is 17.3. The van der Waals surface area contributed by atoms with E-state index < -0.39 is 0 Å². The van der Waals surface area contributed by atoms with Crippen molar-refractivity contribution in [2.24, 2.45) is 0 Å². The molecule has 2 heterocycles. The van der Waals surface area contributed by atoms with Crippen molar-refractivity contribution in [3.63, 3.8) is 0 Å². The minimum atomic E-state index is -0.253. The van der Waals surface area contributed by atoms with Crippen LogP contribution in [0.2, 0.25) is 10.0 Å². The van der Waals surface area contributed by atoms with Crippen molar-refractivity contribution in [2.75, 3.05) is 19.6 Å². The summed E-state index contributed by atoms with van der Waals surface area (Å²) in [6.07, 6.45) is 0.262. The molecule has 0 unspecified atom stereocenters. The highest BCUT2D eigenvalue weighted by molar-refractivity contribution is 6.39. The summed E-state index contributed by atoms with van der Waals surface area (Å²) in [4.78, 5) is 26.0. The van der Waals surface area contributed by atoms with Crippen LogP contribution < -0.4 is 5.32 Å². The molecule has 1 fully saturated rings. The Morgan fingerprint density at radius 2 is 2.00 bits per heavy atom. The Kier molecular flexibility index (Phi) is 4.78. The van der Waals surface area contributed by atoms with Gasteiger partial charge >= 0.3 is 0 Å². The molecule has 24 heavy (non-hydrogen) atoms. The first-order valence-corrected chi connectivity index (χ1v) is 8.21. The topological polar surface area (TPSA) is 75.4 Å². The average molecular weight is 368 g/mol. The predicted molar refractivity (Wildman–Crippen MR) is 90.2 cm³/mol. The summed E-state index contributed by atoms with van der Waals surface area (Å²) in [6, 6.07) is 5.07. The minimum absolute atomic E-state index is 0.0679. The van der Waals surface area contributed by atoms with Gasteiger partial charge in [-0.3, -0.25) is 9.59 Å². The number of rotatable bonds is 2. The first-order chi connectivity index (χ1) is 11.5. The van der Waals surface area contributed by atoms with Crippen LogP contribution in [0.1, 0.15) is 22.5 Å². The molecular formula is C16H15Cl2N3O3. The predicted octanol–water partition coefficient (Wildman–Crippen LogP) is 2.92. The monoisotopic (exact) mass is 367 g/mol. The van der Waals surface area contributed by atoms with Crippen molar-refractivity contribution in [3.8, 4) is 11.3 Å². The fraction of sp³-hybridized carbons (Fsp3) is 0.312. The minimum Gasteiger partial charge on any atom is -0.360 e. The van der Waals surface area contributed by atoms with Gasteiger partial charge in [0, 0.05) is 31.6 Å². The van der Waals surface area contributed by atoms with Gasteiger partial charge in [-0.05, 0) is 19.1 Å². The number of hydrogen-bond acceptors (Lipinski definition) is 4. The summed E-state index contributed by atoms with van der Waals surface area (Å²) >= 11 is 12.5. The molecule has 6 nitrogen and oxygen atoms in total. The normalized spacial score (nSPS) is 15.1. The van der Waals surface area contributed by atoms with E-state index in [0.29, 0.717) is 52.3 Å². The van der Waals surface area contributed by atoms with Crippen LogP contribution in [0.4, 0.5) is 0 Å². The number of halogens is 2. The summed E-state index contributed by atoms with van der Waals surface area (Å²) in [6.45, 7) is 2.84. The Morgan fingerprint density at radius 1 is 1.29 bits per heavy atom. The van der Waals surface area contributed by atoms with E-state index >= 15 is 0 Å². The quantitative estimate of drug-likeness (QED) is 0.885. The Labute approximate surface area is 148 Å². The van der Waals surface area contributed by atoms with Crippen LogP contribution in [0.5, 0.6) is 0 Å². The second-order valence-corrected chi connectivity index (χ2v) is 6.27. The number of benzene rings is 1. The van der Waals surface area contributed by atoms with Gasteiger partial charge in [0.25, 0.3) is 5.91 Å². The highest BCUT2D eigenvalue weighted by Gasteiger charge is 2.29. The van der Waals surface area contributed by atoms with Crippen molar-refractivity contribution in [1.29, 1.82) is 0 Å². The summed E-state index contributed by atoms with van der Waals surface area (Å²) in [5.41, 5.74) is 1.10. The lowest BCUT2D eigenvalue weighted by Gasteiger charge is -2.19. The fourth-order valence-electron chi connectivity index (χ4n) is 2.65. The Bertz CT molecular complexity index is 784. The van der Waals surface area contributed by atoms with Crippen LogP contribution >= 0.6 is 23.2 Å². The molecule has 0 spiro atoms. The number of aryl methyl sites for hydroxylation is 1. The van der Waals surface area contributed by atoms with Crippen LogP contribution in [0, 0.1) is 6.92 Å². The molecule has 1 aromatic carbocycles. The van der Waals surface area contributed by atoms with E-state index in [1.807, 2.05) is 0 Å². The highest BCUT2D eigenvalue weighted by atomic mass is 35.5. The van der Waals surface area contributed by atoms with E-state index in [2.05, 4.69) is 10.5 Å². The van der Waals surface area contributed by atoms with E-state index in [1.54, 1.807) is 30.0 Å². The summed E-state index contributed by atoms with van der Waals surface area (Å²) in [5.74, 6) is 0.0625. The first-order valence-electron chi connectivity index (χ1n) is 7.45. The van der Waals surface area contributed by atoms with Gasteiger partial charge in [0.1, 0.15) is 17.0 Å². The molecule has 0 aliphatic carbocycles. The number of carbonyl (C=O) groups excluding carboxylic acids is 2. The van der Waals surface area contributed by atoms with Crippen molar-refractivity contribution in [1.82, 2.24) is 15.4 Å². The van der Waals surface area contributed by atoms with Crippen LogP contribution in [0.25, 0.3) is 11.3 Å². The first kappa shape index (κ1) is 16.8. The third-order valence-electron chi connectivity index (χ3n) is 3.88. The van der Waals surface area contributed by atoms with Crippen molar-refractivity contribution < 1.29 is 14.1 Å². The average Bonchev–Trinajstić information content (AvgIpc) is 2.77. The second-order valence-electron chi connectivity index (χ2n) is 5.45. The Morgan fingerprint density at radius 3 is 2.71 bits per heavy atom. The zero-order valence-corrected chi connectivity index (χ0v) is 14.4. The highest BCUT2D eigenvalue weighted by Crippen LogP contribution is 2.37. The molecule has 8 heteroatoms. The Balaban J connectivity index is 2.01. The third-order valence-corrected chi connectivity index (χ3v) is 4.51. The third kappa shape index (κ3) is 3.12. The van der Waals surface area contributed by atoms with Crippen LogP contribution in [-0.2, 0) is 4.79 Å². The van der Waals surface area contributed by atoms with E-state index in [1.165, 1.54) is 0 Å². The molecule has 126 valence electrons. The van der Waals surface area contributed by atoms with Crippen molar-refractivity contribution >= 4 is 35.0 Å². The lowest BCUT2D eigenvalue weighted by Crippen LogP contribution is -2.34. The van der Waals surface area contributed by atoms with Crippen molar-refractivity contribution in [2.45, 2.75) is 13.3 Å². The molecule has 0 saturated carbocycles. The summed E-state index contributed by atoms with van der Waals surface area (Å²) < 4.78 is 5.23. The molecule has 1 aliphatic heterocycles. The second kappa shape index (κ2) is 6.83. The largest absolute Gasteiger partial charge is 0.360 e. The molecule has 1 saturated heterocycles. The molecule has 2 amide bonds. The van der Waals surface area contributed by atoms with Gasteiger partial charge in [-0.15, -0.1) is 0 Å². The van der Waals surface area contributed by atoms with Gasteiger partial charge in [-0.2, -0.15) is 0 Å². The van der Waals surface area contributed by atoms with E-state index in [-0.39, 0.29) is 18.2 Å². The van der Waals surface area contributed by atoms with E-state index in [4.69, 9.17) is 27.7 Å². The maximum atomic E-state index is 13.0.